The van der Waals surface area contributed by atoms with E-state index in [-0.39, 0.29) is 5.60 Å². The first-order valence-electron chi connectivity index (χ1n) is 16.1. The molecular weight excluding hydrogens is 508 g/mol. The van der Waals surface area contributed by atoms with E-state index in [9.17, 15) is 0 Å². The first kappa shape index (κ1) is 39.4. The molecule has 0 saturated carbocycles. The second-order valence-electron chi connectivity index (χ2n) is 12.8. The fraction of sp³-hybridized carbons (Fsp3) is 0.512. The molecule has 0 aromatic heterocycles. The van der Waals surface area contributed by atoms with Gasteiger partial charge in [-0.05, 0) is 106 Å². The van der Waals surface area contributed by atoms with Crippen LogP contribution in [0.1, 0.15) is 121 Å². The lowest BCUT2D eigenvalue weighted by molar-refractivity contribution is 0.0255. The Morgan fingerprint density at radius 1 is 0.619 bits per heavy atom. The van der Waals surface area contributed by atoms with Gasteiger partial charge >= 0.3 is 0 Å². The van der Waals surface area contributed by atoms with Gasteiger partial charge in [-0.3, -0.25) is 0 Å². The molecule has 0 amide bonds. The molecule has 234 valence electrons. The van der Waals surface area contributed by atoms with E-state index in [1.807, 2.05) is 0 Å². The van der Waals surface area contributed by atoms with Gasteiger partial charge in [0.25, 0.3) is 0 Å². The minimum atomic E-state index is -0.113. The van der Waals surface area contributed by atoms with E-state index in [1.54, 1.807) is 12.7 Å². The number of rotatable bonds is 20. The average molecular weight is 573 g/mol. The molecule has 42 heavy (non-hydrogen) atoms. The topological polar surface area (TPSA) is 9.23 Å². The Kier molecular flexibility index (Phi) is 22.4. The van der Waals surface area contributed by atoms with Crippen LogP contribution in [0, 0.1) is 5.92 Å². The standard InChI is InChI=1S/C41H64O/c1-34(2)20-14-23-37(5)26-17-29-38(6)27-15-24-35(3)21-12-13-22-36(4)25-16-28-39(7)30-18-31-40(8)32-19-33-41(9,10)42-11/h15-16,18-19,21-22,24-28,30-32,34H,12-14,17,20,23,29,33H2,1-11H3/b24-15+,25-16+,30-18+,32-19+,35-21+,36-22-,37-26+,38-27+,39-28+,40-31+. The molecule has 0 spiro atoms. The third-order valence-electron chi connectivity index (χ3n) is 7.20. The minimum Gasteiger partial charge on any atom is -0.378 e. The fourth-order valence-corrected chi connectivity index (χ4v) is 4.07. The average Bonchev–Trinajstić information content (AvgIpc) is 2.91. The van der Waals surface area contributed by atoms with Gasteiger partial charge in [0.05, 0.1) is 5.60 Å². The van der Waals surface area contributed by atoms with E-state index in [0.717, 1.165) is 38.0 Å². The molecule has 0 heterocycles. The lowest BCUT2D eigenvalue weighted by Crippen LogP contribution is -2.20. The molecule has 0 aliphatic rings. The molecule has 0 aromatic carbocycles. The quantitative estimate of drug-likeness (QED) is 0.0801. The molecule has 0 radical (unpaired) electrons. The maximum absolute atomic E-state index is 5.46. The van der Waals surface area contributed by atoms with Gasteiger partial charge < -0.3 is 4.74 Å². The Morgan fingerprint density at radius 2 is 1.14 bits per heavy atom. The highest BCUT2D eigenvalue weighted by Crippen LogP contribution is 2.15. The van der Waals surface area contributed by atoms with E-state index in [1.165, 1.54) is 47.1 Å². The summed E-state index contributed by atoms with van der Waals surface area (Å²) < 4.78 is 5.46. The van der Waals surface area contributed by atoms with Gasteiger partial charge in [-0.25, -0.2) is 0 Å². The summed E-state index contributed by atoms with van der Waals surface area (Å²) in [5, 5.41) is 0. The predicted octanol–water partition coefficient (Wildman–Crippen LogP) is 13.1. The number of unbranched alkanes of at least 4 members (excludes halogenated alkanes) is 1. The van der Waals surface area contributed by atoms with Gasteiger partial charge in [0.1, 0.15) is 0 Å². The van der Waals surface area contributed by atoms with Crippen molar-refractivity contribution in [2.45, 2.75) is 126 Å². The first-order chi connectivity index (χ1) is 19.8. The van der Waals surface area contributed by atoms with Gasteiger partial charge in [-0.1, -0.05) is 139 Å². The number of hydrogen-bond acceptors (Lipinski definition) is 1. The monoisotopic (exact) mass is 572 g/mol. The van der Waals surface area contributed by atoms with Crippen LogP contribution in [-0.2, 0) is 4.74 Å². The zero-order valence-corrected chi connectivity index (χ0v) is 29.2. The van der Waals surface area contributed by atoms with Gasteiger partial charge in [0, 0.05) is 7.11 Å². The summed E-state index contributed by atoms with van der Waals surface area (Å²) in [5.74, 6) is 0.812. The number of methoxy groups -OCH3 is 1. The Balaban J connectivity index is 4.50. The third-order valence-corrected chi connectivity index (χ3v) is 7.20. The van der Waals surface area contributed by atoms with Crippen LogP contribution in [0.2, 0.25) is 0 Å². The summed E-state index contributed by atoms with van der Waals surface area (Å²) in [7, 11) is 1.76. The molecule has 0 unspecified atom stereocenters. The zero-order valence-electron chi connectivity index (χ0n) is 29.2. The highest BCUT2D eigenvalue weighted by molar-refractivity contribution is 5.30. The van der Waals surface area contributed by atoms with Crippen molar-refractivity contribution in [3.63, 3.8) is 0 Å². The molecule has 0 aliphatic heterocycles. The fourth-order valence-electron chi connectivity index (χ4n) is 4.07. The highest BCUT2D eigenvalue weighted by Gasteiger charge is 2.12. The van der Waals surface area contributed by atoms with Crippen LogP contribution in [-0.4, -0.2) is 12.7 Å². The van der Waals surface area contributed by atoms with Crippen LogP contribution in [0.25, 0.3) is 0 Å². The molecular formula is C41H64O. The van der Waals surface area contributed by atoms with Crippen LogP contribution < -0.4 is 0 Å². The molecule has 0 fully saturated rings. The molecule has 0 bridgehead atoms. The minimum absolute atomic E-state index is 0.113. The van der Waals surface area contributed by atoms with Crippen LogP contribution in [0.4, 0.5) is 0 Å². The number of allylic oxidation sites excluding steroid dienone is 19. The van der Waals surface area contributed by atoms with Crippen LogP contribution in [0.5, 0.6) is 0 Å². The van der Waals surface area contributed by atoms with Crippen molar-refractivity contribution >= 4 is 0 Å². The van der Waals surface area contributed by atoms with Gasteiger partial charge in [0.2, 0.25) is 0 Å². The Morgan fingerprint density at radius 3 is 1.69 bits per heavy atom. The molecule has 0 saturated heterocycles. The SMILES string of the molecule is COC(C)(C)C/C=C/C(C)=C/C=C/C(C)=C/C=C/C(C)=C\CC/C=C(C)/C=C/C=C(\C)CC/C=C(\C)CCCC(C)C. The Bertz CT molecular complexity index is 1050. The van der Waals surface area contributed by atoms with E-state index in [2.05, 4.69) is 154 Å². The second kappa shape index (κ2) is 23.9. The summed E-state index contributed by atoms with van der Waals surface area (Å²) in [5.41, 5.74) is 7.95. The van der Waals surface area contributed by atoms with E-state index < -0.39 is 0 Å². The molecule has 0 N–H and O–H groups in total. The molecule has 0 atom stereocenters. The maximum Gasteiger partial charge on any atom is 0.0657 e. The van der Waals surface area contributed by atoms with Crippen molar-refractivity contribution in [2.24, 2.45) is 5.92 Å². The van der Waals surface area contributed by atoms with Crippen molar-refractivity contribution in [1.82, 2.24) is 0 Å². The van der Waals surface area contributed by atoms with Crippen LogP contribution in [0.3, 0.4) is 0 Å². The third kappa shape index (κ3) is 25.1. The van der Waals surface area contributed by atoms with Crippen molar-refractivity contribution < 1.29 is 4.74 Å². The maximum atomic E-state index is 5.46. The zero-order chi connectivity index (χ0) is 31.8. The van der Waals surface area contributed by atoms with Gasteiger partial charge in [-0.15, -0.1) is 0 Å². The van der Waals surface area contributed by atoms with Crippen molar-refractivity contribution in [3.8, 4) is 0 Å². The lowest BCUT2D eigenvalue weighted by atomic mass is 10.0. The van der Waals surface area contributed by atoms with Crippen molar-refractivity contribution in [3.05, 3.63) is 119 Å². The summed E-state index contributed by atoms with van der Waals surface area (Å²) in [4.78, 5) is 0. The molecule has 1 nitrogen and oxygen atoms in total. The highest BCUT2D eigenvalue weighted by atomic mass is 16.5. The number of hydrogen-bond donors (Lipinski definition) is 0. The smallest absolute Gasteiger partial charge is 0.0657 e. The van der Waals surface area contributed by atoms with Crippen LogP contribution >= 0.6 is 0 Å². The Hall–Kier alpha value is -2.64. The van der Waals surface area contributed by atoms with E-state index in [4.69, 9.17) is 4.74 Å². The second-order valence-corrected chi connectivity index (χ2v) is 12.8. The van der Waals surface area contributed by atoms with E-state index in [0.29, 0.717) is 0 Å². The lowest BCUT2D eigenvalue weighted by Gasteiger charge is -2.20. The first-order valence-corrected chi connectivity index (χ1v) is 16.1. The van der Waals surface area contributed by atoms with Crippen LogP contribution in [0.15, 0.2) is 119 Å². The van der Waals surface area contributed by atoms with E-state index >= 15 is 0 Å². The Labute approximate surface area is 262 Å². The van der Waals surface area contributed by atoms with Crippen molar-refractivity contribution in [2.75, 3.05) is 7.11 Å². The van der Waals surface area contributed by atoms with Gasteiger partial charge in [0.15, 0.2) is 0 Å². The largest absolute Gasteiger partial charge is 0.378 e. The molecule has 0 aromatic rings. The summed E-state index contributed by atoms with van der Waals surface area (Å²) in [6.07, 6.45) is 40.2. The summed E-state index contributed by atoms with van der Waals surface area (Å²) >= 11 is 0. The number of ether oxygens (including phenoxy) is 1. The molecule has 0 aliphatic carbocycles. The van der Waals surface area contributed by atoms with Gasteiger partial charge in [-0.2, -0.15) is 0 Å². The van der Waals surface area contributed by atoms with Crippen molar-refractivity contribution in [1.29, 1.82) is 0 Å². The molecule has 1 heteroatoms. The predicted molar refractivity (Wildman–Crippen MR) is 192 cm³/mol. The normalized spacial score (nSPS) is 15.6. The summed E-state index contributed by atoms with van der Waals surface area (Å²) in [6, 6.07) is 0. The summed E-state index contributed by atoms with van der Waals surface area (Å²) in [6.45, 7) is 21.9. The molecule has 0 rings (SSSR count).